The zero-order chi connectivity index (χ0) is 11.2. The average Bonchev–Trinajstić information content (AvgIpc) is 2.61. The molecule has 3 aliphatic rings. The van der Waals surface area contributed by atoms with Crippen molar-refractivity contribution in [2.24, 2.45) is 11.3 Å². The first-order valence-corrected chi connectivity index (χ1v) is 7.94. The van der Waals surface area contributed by atoms with Gasteiger partial charge in [-0.1, -0.05) is 13.3 Å². The second-order valence-electron chi connectivity index (χ2n) is 5.76. The summed E-state index contributed by atoms with van der Waals surface area (Å²) in [5, 5.41) is 4.57. The predicted molar refractivity (Wildman–Crippen MR) is 68.9 cm³/mol. The van der Waals surface area contributed by atoms with Gasteiger partial charge in [0, 0.05) is 35.8 Å². The van der Waals surface area contributed by atoms with Crippen LogP contribution in [-0.2, 0) is 4.74 Å². The third kappa shape index (κ3) is 1.48. The van der Waals surface area contributed by atoms with Gasteiger partial charge in [0.1, 0.15) is 0 Å². The normalized spacial score (nSPS) is 41.2. The molecule has 2 saturated carbocycles. The van der Waals surface area contributed by atoms with Gasteiger partial charge in [0.15, 0.2) is 0 Å². The summed E-state index contributed by atoms with van der Waals surface area (Å²) in [6.07, 6.45) is 8.33. The minimum absolute atomic E-state index is 0.555. The molecule has 0 aromatic heterocycles. The molecule has 0 aromatic rings. The Labute approximate surface area is 103 Å². The van der Waals surface area contributed by atoms with E-state index in [1.807, 2.05) is 11.8 Å². The van der Waals surface area contributed by atoms with Gasteiger partial charge < -0.3 is 10.1 Å². The van der Waals surface area contributed by atoms with Gasteiger partial charge in [0.25, 0.3) is 0 Å². The van der Waals surface area contributed by atoms with Crippen LogP contribution in [0.2, 0.25) is 0 Å². The largest absolute Gasteiger partial charge is 0.377 e. The molecule has 1 spiro atoms. The van der Waals surface area contributed by atoms with Crippen molar-refractivity contribution in [1.29, 1.82) is 0 Å². The maximum Gasteiger partial charge on any atom is 0.0690 e. The highest BCUT2D eigenvalue weighted by Crippen LogP contribution is 2.62. The molecule has 16 heavy (non-hydrogen) atoms. The summed E-state index contributed by atoms with van der Waals surface area (Å²) in [5.74, 6) is 0.828. The molecule has 3 heteroatoms. The summed E-state index contributed by atoms with van der Waals surface area (Å²) in [5.41, 5.74) is 0.555. The van der Waals surface area contributed by atoms with Crippen molar-refractivity contribution in [3.8, 4) is 0 Å². The van der Waals surface area contributed by atoms with Crippen molar-refractivity contribution < 1.29 is 4.74 Å². The van der Waals surface area contributed by atoms with Crippen LogP contribution in [0, 0.1) is 11.3 Å². The predicted octanol–water partition coefficient (Wildman–Crippen LogP) is 2.29. The third-order valence-electron chi connectivity index (χ3n) is 5.06. The van der Waals surface area contributed by atoms with E-state index >= 15 is 0 Å². The van der Waals surface area contributed by atoms with Crippen LogP contribution in [0.5, 0.6) is 0 Å². The molecular formula is C13H23NOS. The van der Waals surface area contributed by atoms with Crippen LogP contribution in [0.25, 0.3) is 0 Å². The first-order valence-electron chi connectivity index (χ1n) is 6.66. The fourth-order valence-electron chi connectivity index (χ4n) is 3.94. The first kappa shape index (κ1) is 11.4. The fourth-order valence-corrected chi connectivity index (χ4v) is 4.20. The van der Waals surface area contributed by atoms with E-state index in [9.17, 15) is 0 Å². The molecule has 3 fully saturated rings. The lowest BCUT2D eigenvalue weighted by Gasteiger charge is -2.63. The molecule has 1 aliphatic heterocycles. The van der Waals surface area contributed by atoms with Gasteiger partial charge in [-0.15, -0.1) is 0 Å². The van der Waals surface area contributed by atoms with E-state index in [0.717, 1.165) is 30.4 Å². The molecule has 1 saturated heterocycles. The number of ether oxygens (including phenoxy) is 1. The van der Waals surface area contributed by atoms with E-state index in [4.69, 9.17) is 4.74 Å². The first-order chi connectivity index (χ1) is 7.78. The molecule has 0 aromatic carbocycles. The van der Waals surface area contributed by atoms with Crippen molar-refractivity contribution in [1.82, 2.24) is 5.32 Å². The third-order valence-corrected chi connectivity index (χ3v) is 6.04. The maximum atomic E-state index is 5.93. The highest BCUT2D eigenvalue weighted by molar-refractivity contribution is 7.99. The molecule has 3 rings (SSSR count). The highest BCUT2D eigenvalue weighted by Gasteiger charge is 2.66. The van der Waals surface area contributed by atoms with Gasteiger partial charge in [0.2, 0.25) is 0 Å². The Morgan fingerprint density at radius 2 is 2.31 bits per heavy atom. The molecule has 0 amide bonds. The Bertz CT molecular complexity index is 267. The van der Waals surface area contributed by atoms with Crippen LogP contribution in [0.1, 0.15) is 32.6 Å². The minimum atomic E-state index is 0.555. The standard InChI is InChI=1S/C13H23NOS/c1-9(16-2)8-14-11-10-4-7-15-12(10)13(11)5-3-6-13/h9-12,14H,3-8H2,1-2H3. The van der Waals surface area contributed by atoms with Crippen LogP contribution >= 0.6 is 11.8 Å². The monoisotopic (exact) mass is 241 g/mol. The number of nitrogens with one attached hydrogen (secondary N) is 1. The van der Waals surface area contributed by atoms with Crippen LogP contribution in [0.3, 0.4) is 0 Å². The van der Waals surface area contributed by atoms with Gasteiger partial charge in [-0.05, 0) is 25.5 Å². The minimum Gasteiger partial charge on any atom is -0.377 e. The number of rotatable bonds is 4. The topological polar surface area (TPSA) is 21.3 Å². The molecule has 2 aliphatic carbocycles. The van der Waals surface area contributed by atoms with Crippen molar-refractivity contribution in [2.75, 3.05) is 19.4 Å². The smallest absolute Gasteiger partial charge is 0.0690 e. The van der Waals surface area contributed by atoms with E-state index < -0.39 is 0 Å². The second kappa shape index (κ2) is 4.18. The lowest BCUT2D eigenvalue weighted by Crippen LogP contribution is -2.71. The van der Waals surface area contributed by atoms with Crippen LogP contribution < -0.4 is 5.32 Å². The van der Waals surface area contributed by atoms with Crippen LogP contribution in [0.15, 0.2) is 0 Å². The summed E-state index contributed by atoms with van der Waals surface area (Å²) >= 11 is 1.96. The van der Waals surface area contributed by atoms with Crippen molar-refractivity contribution in [2.45, 2.75) is 50.0 Å². The Balaban J connectivity index is 1.61. The highest BCUT2D eigenvalue weighted by atomic mass is 32.2. The van der Waals surface area contributed by atoms with E-state index in [1.165, 1.54) is 25.7 Å². The molecule has 2 nitrogen and oxygen atoms in total. The zero-order valence-corrected chi connectivity index (χ0v) is 11.2. The van der Waals surface area contributed by atoms with Gasteiger partial charge in [-0.3, -0.25) is 0 Å². The molecule has 1 heterocycles. The summed E-state index contributed by atoms with van der Waals surface area (Å²) in [6, 6.07) is 0.767. The van der Waals surface area contributed by atoms with Crippen molar-refractivity contribution in [3.05, 3.63) is 0 Å². The van der Waals surface area contributed by atoms with Crippen LogP contribution in [0.4, 0.5) is 0 Å². The second-order valence-corrected chi connectivity index (χ2v) is 7.04. The van der Waals surface area contributed by atoms with Crippen LogP contribution in [-0.4, -0.2) is 36.8 Å². The Hall–Kier alpha value is 0.270. The SMILES string of the molecule is CSC(C)CNC1C2CCOC2C12CCC2. The molecule has 92 valence electrons. The van der Waals surface area contributed by atoms with Gasteiger partial charge in [0.05, 0.1) is 6.10 Å². The Kier molecular flexibility index (Phi) is 2.97. The van der Waals surface area contributed by atoms with Crippen molar-refractivity contribution in [3.63, 3.8) is 0 Å². The molecule has 0 bridgehead atoms. The summed E-state index contributed by atoms with van der Waals surface area (Å²) in [4.78, 5) is 0. The summed E-state index contributed by atoms with van der Waals surface area (Å²) in [7, 11) is 0. The lowest BCUT2D eigenvalue weighted by molar-refractivity contribution is -0.175. The number of thioether (sulfide) groups is 1. The van der Waals surface area contributed by atoms with Gasteiger partial charge in [-0.25, -0.2) is 0 Å². The molecular weight excluding hydrogens is 218 g/mol. The summed E-state index contributed by atoms with van der Waals surface area (Å²) in [6.45, 7) is 4.48. The average molecular weight is 241 g/mol. The van der Waals surface area contributed by atoms with E-state index in [1.54, 1.807) is 0 Å². The zero-order valence-electron chi connectivity index (χ0n) is 10.4. The molecule has 4 atom stereocenters. The fraction of sp³-hybridized carbons (Fsp3) is 1.00. The maximum absolute atomic E-state index is 5.93. The van der Waals surface area contributed by atoms with E-state index in [-0.39, 0.29) is 0 Å². The number of fused-ring (bicyclic) bond motifs is 2. The number of hydrogen-bond donors (Lipinski definition) is 1. The van der Waals surface area contributed by atoms with Gasteiger partial charge >= 0.3 is 0 Å². The van der Waals surface area contributed by atoms with E-state index in [0.29, 0.717) is 11.5 Å². The Morgan fingerprint density at radius 1 is 1.50 bits per heavy atom. The van der Waals surface area contributed by atoms with Crippen molar-refractivity contribution >= 4 is 11.8 Å². The lowest BCUT2D eigenvalue weighted by atomic mass is 9.46. The molecule has 4 unspecified atom stereocenters. The Morgan fingerprint density at radius 3 is 2.94 bits per heavy atom. The number of hydrogen-bond acceptors (Lipinski definition) is 3. The van der Waals surface area contributed by atoms with Gasteiger partial charge in [-0.2, -0.15) is 11.8 Å². The molecule has 0 radical (unpaired) electrons. The molecule has 1 N–H and O–H groups in total. The quantitative estimate of drug-likeness (QED) is 0.816. The van der Waals surface area contributed by atoms with E-state index in [2.05, 4.69) is 18.5 Å². The summed E-state index contributed by atoms with van der Waals surface area (Å²) < 4.78 is 5.93.